The number of anilines is 1. The van der Waals surface area contributed by atoms with Gasteiger partial charge in [0.2, 0.25) is 0 Å². The lowest BCUT2D eigenvalue weighted by molar-refractivity contribution is 0.627. The molecule has 0 amide bonds. The van der Waals surface area contributed by atoms with E-state index in [4.69, 9.17) is 0 Å². The van der Waals surface area contributed by atoms with Crippen LogP contribution in [0.1, 0.15) is 5.56 Å². The summed E-state index contributed by atoms with van der Waals surface area (Å²) in [4.78, 5) is 0. The summed E-state index contributed by atoms with van der Waals surface area (Å²) in [7, 11) is 0. The predicted octanol–water partition coefficient (Wildman–Crippen LogP) is 2.85. The molecule has 1 N–H and O–H groups in total. The Kier molecular flexibility index (Phi) is 3.14. The molecule has 0 aliphatic carbocycles. The third-order valence-corrected chi connectivity index (χ3v) is 3.12. The van der Waals surface area contributed by atoms with Crippen molar-refractivity contribution in [2.24, 2.45) is 0 Å². The Morgan fingerprint density at radius 2 is 1.84 bits per heavy atom. The van der Waals surface area contributed by atoms with E-state index in [0.29, 0.717) is 0 Å². The van der Waals surface area contributed by atoms with Crippen LogP contribution >= 0.6 is 0 Å². The number of nitrogens with one attached hydrogen (secondary N) is 1. The fraction of sp³-hybridized carbons (Fsp3) is 0.200. The molecule has 0 saturated heterocycles. The minimum atomic E-state index is 0.800. The Morgan fingerprint density at radius 1 is 1.05 bits per heavy atom. The minimum Gasteiger partial charge on any atom is -0.383 e. The van der Waals surface area contributed by atoms with Crippen LogP contribution in [0.5, 0.6) is 0 Å². The van der Waals surface area contributed by atoms with E-state index < -0.39 is 0 Å². The van der Waals surface area contributed by atoms with Gasteiger partial charge < -0.3 is 5.32 Å². The predicted molar refractivity (Wildman–Crippen MR) is 77.2 cm³/mol. The fourth-order valence-corrected chi connectivity index (χ4v) is 2.06. The molecule has 19 heavy (non-hydrogen) atoms. The number of rotatable bonds is 4. The molecular formula is C15H16N4. The summed E-state index contributed by atoms with van der Waals surface area (Å²) in [6, 6.07) is 16.4. The summed E-state index contributed by atoms with van der Waals surface area (Å²) in [6.07, 6.45) is 0. The molecule has 1 aromatic heterocycles. The quantitative estimate of drug-likeness (QED) is 0.776. The lowest BCUT2D eigenvalue weighted by atomic mass is 10.2. The van der Waals surface area contributed by atoms with E-state index in [-0.39, 0.29) is 0 Å². The van der Waals surface area contributed by atoms with E-state index in [2.05, 4.69) is 46.8 Å². The Balaban J connectivity index is 1.65. The average molecular weight is 252 g/mol. The van der Waals surface area contributed by atoms with Crippen LogP contribution in [-0.4, -0.2) is 21.5 Å². The number of fused-ring (bicyclic) bond motifs is 1. The zero-order valence-corrected chi connectivity index (χ0v) is 10.9. The van der Waals surface area contributed by atoms with Gasteiger partial charge in [-0.1, -0.05) is 35.0 Å². The third-order valence-electron chi connectivity index (χ3n) is 3.12. The van der Waals surface area contributed by atoms with Crippen LogP contribution in [0.2, 0.25) is 0 Å². The van der Waals surface area contributed by atoms with Crippen molar-refractivity contribution in [3.63, 3.8) is 0 Å². The van der Waals surface area contributed by atoms with Gasteiger partial charge in [0.15, 0.2) is 0 Å². The largest absolute Gasteiger partial charge is 0.383 e. The van der Waals surface area contributed by atoms with Gasteiger partial charge in [-0.3, -0.25) is 0 Å². The number of aryl methyl sites for hydroxylation is 1. The molecule has 0 saturated carbocycles. The van der Waals surface area contributed by atoms with Crippen LogP contribution in [0.25, 0.3) is 11.0 Å². The van der Waals surface area contributed by atoms with Gasteiger partial charge in [-0.15, -0.1) is 5.10 Å². The standard InChI is InChI=1S/C15H16N4/c1-12-6-8-13(9-7-12)16-10-11-19-15-5-3-2-4-14(15)17-18-19/h2-9,16H,10-11H2,1H3. The van der Waals surface area contributed by atoms with E-state index in [1.807, 2.05) is 28.9 Å². The molecule has 3 rings (SSSR count). The second-order valence-electron chi connectivity index (χ2n) is 4.59. The monoisotopic (exact) mass is 252 g/mol. The molecule has 0 unspecified atom stereocenters. The van der Waals surface area contributed by atoms with E-state index >= 15 is 0 Å². The normalized spacial score (nSPS) is 10.8. The maximum Gasteiger partial charge on any atom is 0.113 e. The molecule has 0 radical (unpaired) electrons. The maximum atomic E-state index is 4.17. The lowest BCUT2D eigenvalue weighted by Crippen LogP contribution is -2.11. The highest BCUT2D eigenvalue weighted by atomic mass is 15.4. The molecule has 0 aliphatic heterocycles. The highest BCUT2D eigenvalue weighted by Crippen LogP contribution is 2.10. The lowest BCUT2D eigenvalue weighted by Gasteiger charge is -2.07. The first-order chi connectivity index (χ1) is 9.33. The molecule has 2 aromatic carbocycles. The van der Waals surface area contributed by atoms with Crippen molar-refractivity contribution in [3.8, 4) is 0 Å². The molecule has 4 heteroatoms. The van der Waals surface area contributed by atoms with Gasteiger partial charge in [-0.2, -0.15) is 0 Å². The van der Waals surface area contributed by atoms with Crippen molar-refractivity contribution < 1.29 is 0 Å². The van der Waals surface area contributed by atoms with Crippen LogP contribution < -0.4 is 5.32 Å². The molecule has 4 nitrogen and oxygen atoms in total. The average Bonchev–Trinajstić information content (AvgIpc) is 2.85. The highest BCUT2D eigenvalue weighted by Gasteiger charge is 2.02. The van der Waals surface area contributed by atoms with Crippen molar-refractivity contribution in [3.05, 3.63) is 54.1 Å². The number of hydrogen-bond acceptors (Lipinski definition) is 3. The molecule has 0 fully saturated rings. The van der Waals surface area contributed by atoms with Gasteiger partial charge in [0.05, 0.1) is 12.1 Å². The molecule has 96 valence electrons. The molecular weight excluding hydrogens is 236 g/mol. The van der Waals surface area contributed by atoms with E-state index in [0.717, 1.165) is 29.8 Å². The number of hydrogen-bond donors (Lipinski definition) is 1. The SMILES string of the molecule is Cc1ccc(NCCn2nnc3ccccc32)cc1. The number of benzene rings is 2. The van der Waals surface area contributed by atoms with Crippen LogP contribution in [0.3, 0.4) is 0 Å². The van der Waals surface area contributed by atoms with Gasteiger partial charge in [0.25, 0.3) is 0 Å². The van der Waals surface area contributed by atoms with Crippen molar-refractivity contribution >= 4 is 16.7 Å². The Bertz CT molecular complexity index is 670. The van der Waals surface area contributed by atoms with Crippen molar-refractivity contribution in [1.82, 2.24) is 15.0 Å². The molecule has 1 heterocycles. The van der Waals surface area contributed by atoms with Gasteiger partial charge in [0, 0.05) is 12.2 Å². The van der Waals surface area contributed by atoms with Crippen molar-refractivity contribution in [2.75, 3.05) is 11.9 Å². The summed E-state index contributed by atoms with van der Waals surface area (Å²) < 4.78 is 1.93. The highest BCUT2D eigenvalue weighted by molar-refractivity contribution is 5.73. The molecule has 0 atom stereocenters. The van der Waals surface area contributed by atoms with E-state index in [1.165, 1.54) is 5.56 Å². The smallest absolute Gasteiger partial charge is 0.113 e. The van der Waals surface area contributed by atoms with E-state index in [1.54, 1.807) is 0 Å². The molecule has 0 spiro atoms. The Labute approximate surface area is 112 Å². The first-order valence-electron chi connectivity index (χ1n) is 6.42. The number of nitrogens with zero attached hydrogens (tertiary/aromatic N) is 3. The van der Waals surface area contributed by atoms with Gasteiger partial charge in [-0.25, -0.2) is 4.68 Å². The Morgan fingerprint density at radius 3 is 2.68 bits per heavy atom. The summed E-state index contributed by atoms with van der Waals surface area (Å²) in [5.74, 6) is 0. The van der Waals surface area contributed by atoms with Crippen molar-refractivity contribution in [1.29, 1.82) is 0 Å². The first kappa shape index (κ1) is 11.7. The van der Waals surface area contributed by atoms with E-state index in [9.17, 15) is 0 Å². The summed E-state index contributed by atoms with van der Waals surface area (Å²) >= 11 is 0. The van der Waals surface area contributed by atoms with Gasteiger partial charge >= 0.3 is 0 Å². The van der Waals surface area contributed by atoms with Crippen LogP contribution in [0.15, 0.2) is 48.5 Å². The topological polar surface area (TPSA) is 42.7 Å². The fourth-order valence-electron chi connectivity index (χ4n) is 2.06. The van der Waals surface area contributed by atoms with Crippen LogP contribution in [0, 0.1) is 6.92 Å². The van der Waals surface area contributed by atoms with Crippen LogP contribution in [-0.2, 0) is 6.54 Å². The second-order valence-corrected chi connectivity index (χ2v) is 4.59. The van der Waals surface area contributed by atoms with Crippen molar-refractivity contribution in [2.45, 2.75) is 13.5 Å². The summed E-state index contributed by atoms with van der Waals surface area (Å²) in [6.45, 7) is 3.72. The maximum absolute atomic E-state index is 4.17. The Hall–Kier alpha value is -2.36. The summed E-state index contributed by atoms with van der Waals surface area (Å²) in [5.41, 5.74) is 4.42. The number of para-hydroxylation sites is 1. The van der Waals surface area contributed by atoms with Gasteiger partial charge in [0.1, 0.15) is 5.52 Å². The zero-order valence-electron chi connectivity index (χ0n) is 10.9. The summed E-state index contributed by atoms with van der Waals surface area (Å²) in [5, 5.41) is 11.7. The minimum absolute atomic E-state index is 0.800. The third kappa shape index (κ3) is 2.57. The molecule has 3 aromatic rings. The van der Waals surface area contributed by atoms with Crippen LogP contribution in [0.4, 0.5) is 5.69 Å². The van der Waals surface area contributed by atoms with Gasteiger partial charge in [-0.05, 0) is 31.2 Å². The molecule has 0 aliphatic rings. The number of aromatic nitrogens is 3. The zero-order chi connectivity index (χ0) is 13.1. The second kappa shape index (κ2) is 5.10. The molecule has 0 bridgehead atoms. The first-order valence-corrected chi connectivity index (χ1v) is 6.42.